The number of rotatable bonds is 10. The van der Waals surface area contributed by atoms with Gasteiger partial charge >= 0.3 is 0 Å². The number of carbonyl (C=O) groups excluding carboxylic acids is 2. The molecule has 0 saturated carbocycles. The van der Waals surface area contributed by atoms with E-state index in [4.69, 9.17) is 12.2 Å². The molecule has 0 aromatic heterocycles. The summed E-state index contributed by atoms with van der Waals surface area (Å²) >= 11 is 6.63. The minimum Gasteiger partial charge on any atom is -0.293 e. The topological polar surface area (TPSA) is 95.6 Å². The predicted molar refractivity (Wildman–Crippen MR) is 130 cm³/mol. The van der Waals surface area contributed by atoms with Gasteiger partial charge in [0.15, 0.2) is 0 Å². The van der Waals surface area contributed by atoms with Crippen molar-refractivity contribution in [2.24, 2.45) is 0 Å². The first-order chi connectivity index (χ1) is 15.4. The number of unbranched alkanes of at least 4 members (excludes halogenated alkanes) is 2. The van der Waals surface area contributed by atoms with E-state index >= 15 is 0 Å². The quantitative estimate of drug-likeness (QED) is 0.230. The van der Waals surface area contributed by atoms with Crippen molar-refractivity contribution in [2.45, 2.75) is 30.6 Å². The summed E-state index contributed by atoms with van der Waals surface area (Å²) in [5, 5.41) is 0. The standard InChI is InChI=1S/C22H23N3O4S3/c26-20(23-24-32(28,29)18-12-6-2-7-13-18)14-8-3-9-15-25-21(27)19(31-22(25)30)16-17-10-4-1-5-11-17/h1-2,4-7,10-13,16,24H,3,8-9,14-15H2,(H,23,26)/b19-16-. The Morgan fingerprint density at radius 3 is 2.34 bits per heavy atom. The Labute approximate surface area is 197 Å². The molecular weight excluding hydrogens is 466 g/mol. The highest BCUT2D eigenvalue weighted by Crippen LogP contribution is 2.32. The lowest BCUT2D eigenvalue weighted by Gasteiger charge is -2.14. The van der Waals surface area contributed by atoms with Crippen molar-refractivity contribution in [1.82, 2.24) is 15.2 Å². The second kappa shape index (κ2) is 11.4. The van der Waals surface area contributed by atoms with Crippen LogP contribution in [0.2, 0.25) is 0 Å². The molecule has 3 rings (SSSR count). The van der Waals surface area contributed by atoms with Crippen molar-refractivity contribution in [2.75, 3.05) is 6.54 Å². The summed E-state index contributed by atoms with van der Waals surface area (Å²) in [6, 6.07) is 17.4. The average molecular weight is 490 g/mol. The van der Waals surface area contributed by atoms with Crippen LogP contribution in [-0.2, 0) is 19.6 Å². The number of amides is 2. The molecule has 2 N–H and O–H groups in total. The van der Waals surface area contributed by atoms with Gasteiger partial charge in [0, 0.05) is 13.0 Å². The van der Waals surface area contributed by atoms with Crippen LogP contribution in [0.5, 0.6) is 0 Å². The largest absolute Gasteiger partial charge is 0.293 e. The average Bonchev–Trinajstić information content (AvgIpc) is 3.06. The summed E-state index contributed by atoms with van der Waals surface area (Å²) in [7, 11) is -3.79. The van der Waals surface area contributed by atoms with E-state index in [2.05, 4.69) is 10.3 Å². The van der Waals surface area contributed by atoms with Crippen LogP contribution in [0.1, 0.15) is 31.2 Å². The zero-order chi connectivity index (χ0) is 23.0. The van der Waals surface area contributed by atoms with Gasteiger partial charge in [-0.25, -0.2) is 8.42 Å². The van der Waals surface area contributed by atoms with Crippen LogP contribution in [0.3, 0.4) is 0 Å². The maximum Gasteiger partial charge on any atom is 0.266 e. The summed E-state index contributed by atoms with van der Waals surface area (Å²) in [6.45, 7) is 0.485. The van der Waals surface area contributed by atoms with Crippen LogP contribution >= 0.6 is 24.0 Å². The number of hydrogen-bond acceptors (Lipinski definition) is 6. The Bertz CT molecular complexity index is 1100. The lowest BCUT2D eigenvalue weighted by atomic mass is 10.2. The van der Waals surface area contributed by atoms with Crippen LogP contribution in [-0.4, -0.2) is 36.0 Å². The summed E-state index contributed by atoms with van der Waals surface area (Å²) in [6.07, 6.45) is 3.96. The number of nitrogens with zero attached hydrogens (tertiary/aromatic N) is 1. The molecule has 32 heavy (non-hydrogen) atoms. The van der Waals surface area contributed by atoms with Crippen LogP contribution in [0.25, 0.3) is 6.08 Å². The number of thioether (sulfide) groups is 1. The van der Waals surface area contributed by atoms with Gasteiger partial charge in [-0.1, -0.05) is 78.9 Å². The molecular formula is C22H23N3O4S3. The lowest BCUT2D eigenvalue weighted by molar-refractivity contribution is -0.123. The first kappa shape index (κ1) is 24.1. The Hall–Kier alpha value is -2.53. The van der Waals surface area contributed by atoms with Crippen molar-refractivity contribution in [3.63, 3.8) is 0 Å². The molecule has 7 nitrogen and oxygen atoms in total. The van der Waals surface area contributed by atoms with Crippen LogP contribution in [0, 0.1) is 0 Å². The van der Waals surface area contributed by atoms with Gasteiger partial charge in [0.1, 0.15) is 4.32 Å². The molecule has 0 radical (unpaired) electrons. The number of sulfonamides is 1. The molecule has 168 valence electrons. The second-order valence-electron chi connectivity index (χ2n) is 7.02. The molecule has 0 unspecified atom stereocenters. The molecule has 1 aliphatic rings. The van der Waals surface area contributed by atoms with Crippen molar-refractivity contribution in [3.8, 4) is 0 Å². The van der Waals surface area contributed by atoms with Crippen molar-refractivity contribution in [1.29, 1.82) is 0 Å². The highest BCUT2D eigenvalue weighted by Gasteiger charge is 2.31. The Morgan fingerprint density at radius 2 is 1.66 bits per heavy atom. The van der Waals surface area contributed by atoms with Crippen molar-refractivity contribution in [3.05, 3.63) is 71.1 Å². The van der Waals surface area contributed by atoms with Gasteiger partial charge in [0.2, 0.25) is 5.91 Å². The fourth-order valence-electron chi connectivity index (χ4n) is 2.97. The molecule has 2 amide bonds. The normalized spacial score (nSPS) is 15.4. The summed E-state index contributed by atoms with van der Waals surface area (Å²) in [4.78, 5) is 28.9. The van der Waals surface area contributed by atoms with Crippen LogP contribution in [0.4, 0.5) is 0 Å². The van der Waals surface area contributed by atoms with Gasteiger partial charge in [-0.2, -0.15) is 0 Å². The van der Waals surface area contributed by atoms with Gasteiger partial charge < -0.3 is 0 Å². The van der Waals surface area contributed by atoms with Crippen molar-refractivity contribution < 1.29 is 18.0 Å². The zero-order valence-corrected chi connectivity index (χ0v) is 19.6. The highest BCUT2D eigenvalue weighted by atomic mass is 32.2. The molecule has 2 aromatic rings. The van der Waals surface area contributed by atoms with E-state index in [0.29, 0.717) is 35.0 Å². The Balaban J connectivity index is 1.37. The Morgan fingerprint density at radius 1 is 1.00 bits per heavy atom. The number of hydrogen-bond donors (Lipinski definition) is 2. The van der Waals surface area contributed by atoms with Gasteiger partial charge in [-0.15, -0.1) is 4.83 Å². The van der Waals surface area contributed by atoms with Gasteiger partial charge in [-0.05, 0) is 36.6 Å². The molecule has 1 saturated heterocycles. The third-order valence-electron chi connectivity index (χ3n) is 4.63. The van der Waals surface area contributed by atoms with E-state index in [1.807, 2.05) is 36.4 Å². The molecule has 10 heteroatoms. The smallest absolute Gasteiger partial charge is 0.266 e. The number of carbonyl (C=O) groups is 2. The first-order valence-electron chi connectivity index (χ1n) is 10.0. The number of hydrazine groups is 1. The van der Waals surface area contributed by atoms with E-state index in [1.165, 1.54) is 23.9 Å². The van der Waals surface area contributed by atoms with Crippen LogP contribution < -0.4 is 10.3 Å². The van der Waals surface area contributed by atoms with Gasteiger partial charge in [0.05, 0.1) is 9.80 Å². The van der Waals surface area contributed by atoms with Gasteiger partial charge in [-0.3, -0.25) is 19.9 Å². The van der Waals surface area contributed by atoms with E-state index in [-0.39, 0.29) is 17.2 Å². The number of thiocarbonyl (C=S) groups is 1. The molecule has 0 aliphatic carbocycles. The van der Waals surface area contributed by atoms with E-state index in [0.717, 1.165) is 5.56 Å². The fourth-order valence-corrected chi connectivity index (χ4v) is 5.16. The fraction of sp³-hybridized carbons (Fsp3) is 0.227. The van der Waals surface area contributed by atoms with Gasteiger partial charge in [0.25, 0.3) is 15.9 Å². The SMILES string of the molecule is O=C(CCCCCN1C(=O)/C(=C/c2ccccc2)SC1=S)NNS(=O)(=O)c1ccccc1. The molecule has 0 atom stereocenters. The van der Waals surface area contributed by atoms with Crippen molar-refractivity contribution >= 4 is 56.2 Å². The van der Waals surface area contributed by atoms with E-state index < -0.39 is 15.9 Å². The summed E-state index contributed by atoms with van der Waals surface area (Å²) in [5.74, 6) is -0.516. The third kappa shape index (κ3) is 6.73. The minimum absolute atomic E-state index is 0.0742. The predicted octanol–water partition coefficient (Wildman–Crippen LogP) is 3.46. The molecule has 1 fully saturated rings. The number of nitrogens with one attached hydrogen (secondary N) is 2. The zero-order valence-electron chi connectivity index (χ0n) is 17.2. The highest BCUT2D eigenvalue weighted by molar-refractivity contribution is 8.26. The molecule has 0 spiro atoms. The monoisotopic (exact) mass is 489 g/mol. The minimum atomic E-state index is -3.79. The maximum absolute atomic E-state index is 12.6. The lowest BCUT2D eigenvalue weighted by Crippen LogP contribution is -2.41. The van der Waals surface area contributed by atoms with E-state index in [1.54, 1.807) is 23.1 Å². The van der Waals surface area contributed by atoms with E-state index in [9.17, 15) is 18.0 Å². The first-order valence-corrected chi connectivity index (χ1v) is 12.7. The summed E-state index contributed by atoms with van der Waals surface area (Å²) < 4.78 is 24.7. The molecule has 0 bridgehead atoms. The van der Waals surface area contributed by atoms with Crippen LogP contribution in [0.15, 0.2) is 70.5 Å². The summed E-state index contributed by atoms with van der Waals surface area (Å²) in [5.41, 5.74) is 3.17. The molecule has 2 aromatic carbocycles. The maximum atomic E-state index is 12.6. The second-order valence-corrected chi connectivity index (χ2v) is 10.4. The number of benzene rings is 2. The Kier molecular flexibility index (Phi) is 8.57. The molecule has 1 aliphatic heterocycles. The third-order valence-corrected chi connectivity index (χ3v) is 7.28. The molecule has 1 heterocycles.